The molecule has 2 aromatic heterocycles. The van der Waals surface area contributed by atoms with Crippen LogP contribution in [-0.2, 0) is 11.3 Å². The van der Waals surface area contributed by atoms with Gasteiger partial charge in [-0.25, -0.2) is 14.5 Å². The summed E-state index contributed by atoms with van der Waals surface area (Å²) in [5.41, 5.74) is 2.50. The summed E-state index contributed by atoms with van der Waals surface area (Å²) in [4.78, 5) is 21.6. The number of anilines is 2. The van der Waals surface area contributed by atoms with Crippen molar-refractivity contribution in [2.45, 2.75) is 57.9 Å². The number of ether oxygens (including phenoxy) is 3. The van der Waals surface area contributed by atoms with Crippen molar-refractivity contribution in [1.29, 1.82) is 0 Å². The molecular formula is C33H40N6O4. The number of hydrogen-bond donors (Lipinski definition) is 1. The number of fused-ring (bicyclic) bond motifs is 1. The van der Waals surface area contributed by atoms with Crippen LogP contribution in [0.5, 0.6) is 11.5 Å². The van der Waals surface area contributed by atoms with Gasteiger partial charge in [-0.1, -0.05) is 30.3 Å². The Labute approximate surface area is 252 Å². The number of aromatic nitrogens is 3. The number of rotatable bonds is 8. The molecule has 2 aliphatic rings. The first-order valence-electron chi connectivity index (χ1n) is 15.0. The summed E-state index contributed by atoms with van der Waals surface area (Å²) in [5.74, 6) is 2.28. The molecule has 2 atom stereocenters. The third kappa shape index (κ3) is 6.63. The van der Waals surface area contributed by atoms with Gasteiger partial charge in [0.1, 0.15) is 28.6 Å². The second-order valence-electron chi connectivity index (χ2n) is 12.2. The molecule has 43 heavy (non-hydrogen) atoms. The molecule has 2 saturated heterocycles. The highest BCUT2D eigenvalue weighted by Gasteiger charge is 2.32. The molecule has 2 aromatic carbocycles. The molecule has 2 aliphatic heterocycles. The van der Waals surface area contributed by atoms with E-state index in [1.54, 1.807) is 18.2 Å². The Morgan fingerprint density at radius 1 is 1.00 bits per heavy atom. The van der Waals surface area contributed by atoms with Crippen molar-refractivity contribution in [3.8, 4) is 11.5 Å². The van der Waals surface area contributed by atoms with Crippen LogP contribution in [0.2, 0.25) is 0 Å². The van der Waals surface area contributed by atoms with E-state index in [1.807, 2.05) is 61.9 Å². The number of methoxy groups -OCH3 is 1. The average molecular weight is 585 g/mol. The molecule has 6 rings (SSSR count). The van der Waals surface area contributed by atoms with Crippen LogP contribution in [0.4, 0.5) is 16.3 Å². The SMILES string of the molecule is COc1ccc(Cn2nc(NC3CCN(C(=O)OC(C)(C)C)C3)c3c(O[C@H]4CCN(c5ccccc5)C4)ccnc32)cc1. The molecular weight excluding hydrogens is 544 g/mol. The maximum atomic E-state index is 12.7. The quantitative estimate of drug-likeness (QED) is 0.288. The van der Waals surface area contributed by atoms with Gasteiger partial charge < -0.3 is 29.3 Å². The number of likely N-dealkylation sites (tertiary alicyclic amines) is 1. The van der Waals surface area contributed by atoms with Crippen LogP contribution in [0.1, 0.15) is 39.2 Å². The van der Waals surface area contributed by atoms with E-state index < -0.39 is 5.60 Å². The number of amides is 1. The fourth-order valence-electron chi connectivity index (χ4n) is 5.72. The minimum Gasteiger partial charge on any atom is -0.497 e. The van der Waals surface area contributed by atoms with Gasteiger partial charge in [-0.15, -0.1) is 0 Å². The van der Waals surface area contributed by atoms with Gasteiger partial charge in [-0.3, -0.25) is 0 Å². The zero-order chi connectivity index (χ0) is 30.0. The Hall–Kier alpha value is -4.47. The van der Waals surface area contributed by atoms with Crippen LogP contribution in [0, 0.1) is 0 Å². The van der Waals surface area contributed by atoms with E-state index in [2.05, 4.69) is 34.5 Å². The van der Waals surface area contributed by atoms with E-state index >= 15 is 0 Å². The van der Waals surface area contributed by atoms with Crippen molar-refractivity contribution < 1.29 is 19.0 Å². The molecule has 0 saturated carbocycles. The highest BCUT2D eigenvalue weighted by molar-refractivity contribution is 5.93. The zero-order valence-electron chi connectivity index (χ0n) is 25.3. The number of para-hydroxylation sites is 1. The summed E-state index contributed by atoms with van der Waals surface area (Å²) in [6, 6.07) is 20.4. The first kappa shape index (κ1) is 28.6. The Balaban J connectivity index is 1.26. The Bertz CT molecular complexity index is 1550. The molecule has 10 heteroatoms. The predicted octanol–water partition coefficient (Wildman–Crippen LogP) is 5.57. The van der Waals surface area contributed by atoms with Crippen molar-refractivity contribution in [3.05, 3.63) is 72.4 Å². The number of carbonyl (C=O) groups is 1. The summed E-state index contributed by atoms with van der Waals surface area (Å²) >= 11 is 0. The summed E-state index contributed by atoms with van der Waals surface area (Å²) < 4.78 is 19.5. The third-order valence-corrected chi connectivity index (χ3v) is 7.83. The van der Waals surface area contributed by atoms with Gasteiger partial charge in [0.2, 0.25) is 0 Å². The fraction of sp³-hybridized carbons (Fsp3) is 0.424. The number of hydrogen-bond acceptors (Lipinski definition) is 8. The lowest BCUT2D eigenvalue weighted by molar-refractivity contribution is 0.0293. The Kier molecular flexibility index (Phi) is 8.01. The Morgan fingerprint density at radius 3 is 2.53 bits per heavy atom. The first-order valence-corrected chi connectivity index (χ1v) is 15.0. The van der Waals surface area contributed by atoms with Crippen LogP contribution < -0.4 is 19.7 Å². The second-order valence-corrected chi connectivity index (χ2v) is 12.2. The average Bonchev–Trinajstić information content (AvgIpc) is 3.74. The minimum absolute atomic E-state index is 0.0214. The lowest BCUT2D eigenvalue weighted by Gasteiger charge is -2.24. The molecule has 0 spiro atoms. The molecule has 10 nitrogen and oxygen atoms in total. The second kappa shape index (κ2) is 12.0. The van der Waals surface area contributed by atoms with Gasteiger partial charge in [-0.05, 0) is 63.1 Å². The number of carbonyl (C=O) groups excluding carboxylic acids is 1. The van der Waals surface area contributed by atoms with E-state index in [0.29, 0.717) is 25.5 Å². The molecule has 0 bridgehead atoms. The number of benzene rings is 2. The van der Waals surface area contributed by atoms with Crippen LogP contribution in [0.15, 0.2) is 66.9 Å². The molecule has 4 aromatic rings. The van der Waals surface area contributed by atoms with Gasteiger partial charge >= 0.3 is 6.09 Å². The van der Waals surface area contributed by atoms with Crippen LogP contribution in [-0.4, -0.2) is 76.8 Å². The molecule has 0 aliphatic carbocycles. The van der Waals surface area contributed by atoms with Gasteiger partial charge in [0.05, 0.1) is 20.2 Å². The molecule has 226 valence electrons. The van der Waals surface area contributed by atoms with E-state index in [1.165, 1.54) is 5.69 Å². The van der Waals surface area contributed by atoms with E-state index in [4.69, 9.17) is 24.3 Å². The van der Waals surface area contributed by atoms with Crippen molar-refractivity contribution >= 4 is 28.6 Å². The summed E-state index contributed by atoms with van der Waals surface area (Å²) in [6.07, 6.45) is 3.25. The normalized spacial score (nSPS) is 18.7. The molecule has 1 N–H and O–H groups in total. The summed E-state index contributed by atoms with van der Waals surface area (Å²) in [6.45, 7) is 9.10. The zero-order valence-corrected chi connectivity index (χ0v) is 25.3. The maximum absolute atomic E-state index is 12.7. The van der Waals surface area contributed by atoms with Crippen molar-refractivity contribution in [2.24, 2.45) is 0 Å². The lowest BCUT2D eigenvalue weighted by atomic mass is 10.2. The number of nitrogens with one attached hydrogen (secondary N) is 1. The van der Waals surface area contributed by atoms with E-state index in [0.717, 1.165) is 54.0 Å². The van der Waals surface area contributed by atoms with Gasteiger partial charge in [0.25, 0.3) is 0 Å². The van der Waals surface area contributed by atoms with Gasteiger partial charge in [0, 0.05) is 44.0 Å². The summed E-state index contributed by atoms with van der Waals surface area (Å²) in [5, 5.41) is 9.48. The molecule has 1 unspecified atom stereocenters. The van der Waals surface area contributed by atoms with Gasteiger partial charge in [-0.2, -0.15) is 5.10 Å². The van der Waals surface area contributed by atoms with Crippen molar-refractivity contribution in [1.82, 2.24) is 19.7 Å². The molecule has 0 radical (unpaired) electrons. The highest BCUT2D eigenvalue weighted by atomic mass is 16.6. The van der Waals surface area contributed by atoms with Crippen LogP contribution in [0.25, 0.3) is 11.0 Å². The topological polar surface area (TPSA) is 94.0 Å². The summed E-state index contributed by atoms with van der Waals surface area (Å²) in [7, 11) is 1.66. The number of nitrogens with zero attached hydrogens (tertiary/aromatic N) is 5. The predicted molar refractivity (Wildman–Crippen MR) is 167 cm³/mol. The number of pyridine rings is 1. The maximum Gasteiger partial charge on any atom is 0.410 e. The fourth-order valence-corrected chi connectivity index (χ4v) is 5.72. The van der Waals surface area contributed by atoms with Crippen molar-refractivity contribution in [2.75, 3.05) is 43.5 Å². The Morgan fingerprint density at radius 2 is 1.79 bits per heavy atom. The molecule has 1 amide bonds. The smallest absolute Gasteiger partial charge is 0.410 e. The van der Waals surface area contributed by atoms with Crippen molar-refractivity contribution in [3.63, 3.8) is 0 Å². The standard InChI is InChI=1S/C33H40N6O4/c1-33(2,3)43-32(40)38-18-15-24(21-38)35-30-29-28(42-27-16-19-37(22-27)25-8-6-5-7-9-25)14-17-34-31(29)39(36-30)20-23-10-12-26(41-4)13-11-23/h5-14,17,24,27H,15-16,18-22H2,1-4H3,(H,35,36)/t24?,27-/m0/s1. The monoisotopic (exact) mass is 584 g/mol. The minimum atomic E-state index is -0.534. The lowest BCUT2D eigenvalue weighted by Crippen LogP contribution is -2.36. The highest BCUT2D eigenvalue weighted by Crippen LogP contribution is 2.35. The third-order valence-electron chi connectivity index (χ3n) is 7.83. The first-order chi connectivity index (χ1) is 20.8. The molecule has 4 heterocycles. The van der Waals surface area contributed by atoms with E-state index in [9.17, 15) is 4.79 Å². The van der Waals surface area contributed by atoms with Crippen LogP contribution >= 0.6 is 0 Å². The largest absolute Gasteiger partial charge is 0.497 e. The van der Waals surface area contributed by atoms with E-state index in [-0.39, 0.29) is 18.2 Å². The molecule has 2 fully saturated rings. The van der Waals surface area contributed by atoms with Gasteiger partial charge in [0.15, 0.2) is 11.5 Å². The van der Waals surface area contributed by atoms with Crippen LogP contribution in [0.3, 0.4) is 0 Å².